The predicted octanol–water partition coefficient (Wildman–Crippen LogP) is 3.43. The highest BCUT2D eigenvalue weighted by atomic mass is 35.5. The van der Waals surface area contributed by atoms with Crippen molar-refractivity contribution < 1.29 is 22.6 Å². The van der Waals surface area contributed by atoms with E-state index >= 15 is 0 Å². The lowest BCUT2D eigenvalue weighted by Crippen LogP contribution is -2.16. The van der Waals surface area contributed by atoms with Crippen LogP contribution >= 0.6 is 11.6 Å². The summed E-state index contributed by atoms with van der Waals surface area (Å²) in [5.74, 6) is 0. The summed E-state index contributed by atoms with van der Waals surface area (Å²) in [6, 6.07) is 3.66. The first kappa shape index (κ1) is 16.1. The number of methoxy groups -OCH3 is 1. The van der Waals surface area contributed by atoms with Gasteiger partial charge in [0.1, 0.15) is 0 Å². The minimum atomic E-state index is -4.44. The quantitative estimate of drug-likeness (QED) is 0.782. The van der Waals surface area contributed by atoms with Crippen molar-refractivity contribution in [3.8, 4) is 0 Å². The molecule has 1 aromatic carbocycles. The van der Waals surface area contributed by atoms with E-state index in [1.165, 1.54) is 12.1 Å². The van der Waals surface area contributed by atoms with E-state index < -0.39 is 11.7 Å². The molecule has 1 rings (SSSR count). The number of nitrogens with one attached hydrogen (secondary N) is 1. The molecule has 0 saturated heterocycles. The lowest BCUT2D eigenvalue weighted by molar-refractivity contribution is -0.136. The monoisotopic (exact) mass is 297 g/mol. The highest BCUT2D eigenvalue weighted by Crippen LogP contribution is 2.38. The van der Waals surface area contributed by atoms with Gasteiger partial charge in [-0.1, -0.05) is 17.7 Å². The first-order valence-electron chi connectivity index (χ1n) is 5.63. The van der Waals surface area contributed by atoms with Crippen LogP contribution in [0.25, 0.3) is 0 Å². The van der Waals surface area contributed by atoms with E-state index in [4.69, 9.17) is 21.1 Å². The summed E-state index contributed by atoms with van der Waals surface area (Å²) in [5.41, 5.74) is -0.899. The van der Waals surface area contributed by atoms with Gasteiger partial charge < -0.3 is 14.8 Å². The summed E-state index contributed by atoms with van der Waals surface area (Å²) >= 11 is 5.77. The van der Waals surface area contributed by atoms with Gasteiger partial charge in [0.05, 0.1) is 36.1 Å². The lowest BCUT2D eigenvalue weighted by atomic mass is 10.1. The Kier molecular flexibility index (Phi) is 6.41. The fraction of sp³-hybridized carbons (Fsp3) is 0.500. The van der Waals surface area contributed by atoms with Gasteiger partial charge in [-0.25, -0.2) is 0 Å². The maximum atomic E-state index is 12.8. The number of hydrogen-bond acceptors (Lipinski definition) is 3. The number of alkyl halides is 3. The van der Waals surface area contributed by atoms with Crippen molar-refractivity contribution in [1.82, 2.24) is 0 Å². The maximum absolute atomic E-state index is 12.8. The SMILES string of the molecule is COCCOCCNc1c(Cl)cccc1C(F)(F)F. The maximum Gasteiger partial charge on any atom is 0.418 e. The van der Waals surface area contributed by atoms with Crippen molar-refractivity contribution in [3.05, 3.63) is 28.8 Å². The summed E-state index contributed by atoms with van der Waals surface area (Å²) in [7, 11) is 1.54. The molecule has 0 unspecified atom stereocenters. The van der Waals surface area contributed by atoms with Crippen molar-refractivity contribution in [2.75, 3.05) is 38.8 Å². The van der Waals surface area contributed by atoms with Crippen LogP contribution in [0, 0.1) is 0 Å². The van der Waals surface area contributed by atoms with Crippen LogP contribution in [0.2, 0.25) is 5.02 Å². The van der Waals surface area contributed by atoms with Crippen LogP contribution in [0.3, 0.4) is 0 Å². The summed E-state index contributed by atoms with van der Waals surface area (Å²) in [6.45, 7) is 1.34. The topological polar surface area (TPSA) is 30.5 Å². The summed E-state index contributed by atoms with van der Waals surface area (Å²) in [6.07, 6.45) is -4.44. The Bertz CT molecular complexity index is 399. The van der Waals surface area contributed by atoms with Crippen LogP contribution in [0.15, 0.2) is 18.2 Å². The molecule has 1 N–H and O–H groups in total. The summed E-state index contributed by atoms with van der Waals surface area (Å²) in [5, 5.41) is 2.68. The van der Waals surface area contributed by atoms with Crippen molar-refractivity contribution in [1.29, 1.82) is 0 Å². The van der Waals surface area contributed by atoms with E-state index in [0.29, 0.717) is 13.2 Å². The highest BCUT2D eigenvalue weighted by molar-refractivity contribution is 6.33. The van der Waals surface area contributed by atoms with E-state index in [-0.39, 0.29) is 23.9 Å². The van der Waals surface area contributed by atoms with Gasteiger partial charge in [0.2, 0.25) is 0 Å². The van der Waals surface area contributed by atoms with Crippen LogP contribution in [0.5, 0.6) is 0 Å². The Balaban J connectivity index is 2.57. The van der Waals surface area contributed by atoms with Crippen LogP contribution < -0.4 is 5.32 Å². The molecule has 0 saturated carbocycles. The Morgan fingerprint density at radius 3 is 2.58 bits per heavy atom. The number of hydrogen-bond donors (Lipinski definition) is 1. The molecule has 3 nitrogen and oxygen atoms in total. The molecule has 0 atom stereocenters. The van der Waals surface area contributed by atoms with Gasteiger partial charge in [-0.3, -0.25) is 0 Å². The number of anilines is 1. The summed E-state index contributed by atoms with van der Waals surface area (Å²) in [4.78, 5) is 0. The number of ether oxygens (including phenoxy) is 2. The third-order valence-corrected chi connectivity index (χ3v) is 2.61. The molecule has 19 heavy (non-hydrogen) atoms. The Morgan fingerprint density at radius 2 is 1.95 bits per heavy atom. The minimum Gasteiger partial charge on any atom is -0.382 e. The van der Waals surface area contributed by atoms with Gasteiger partial charge in [-0.05, 0) is 12.1 Å². The molecule has 0 aromatic heterocycles. The van der Waals surface area contributed by atoms with Gasteiger partial charge >= 0.3 is 6.18 Å². The van der Waals surface area contributed by atoms with Gasteiger partial charge in [0.25, 0.3) is 0 Å². The molecular formula is C12H15ClF3NO2. The van der Waals surface area contributed by atoms with Crippen LogP contribution in [0.4, 0.5) is 18.9 Å². The van der Waals surface area contributed by atoms with Crippen LogP contribution in [0.1, 0.15) is 5.56 Å². The van der Waals surface area contributed by atoms with Gasteiger partial charge in [-0.15, -0.1) is 0 Å². The molecule has 0 radical (unpaired) electrons. The second-order valence-corrected chi connectivity index (χ2v) is 4.10. The number of para-hydroxylation sites is 1. The zero-order valence-electron chi connectivity index (χ0n) is 10.4. The van der Waals surface area contributed by atoms with Crippen LogP contribution in [-0.4, -0.2) is 33.5 Å². The van der Waals surface area contributed by atoms with Crippen molar-refractivity contribution in [2.24, 2.45) is 0 Å². The van der Waals surface area contributed by atoms with Crippen molar-refractivity contribution in [2.45, 2.75) is 6.18 Å². The molecular weight excluding hydrogens is 283 g/mol. The van der Waals surface area contributed by atoms with Gasteiger partial charge in [-0.2, -0.15) is 13.2 Å². The molecule has 0 bridgehead atoms. The number of rotatable bonds is 7. The molecule has 0 aliphatic rings. The fourth-order valence-electron chi connectivity index (χ4n) is 1.43. The van der Waals surface area contributed by atoms with E-state index in [9.17, 15) is 13.2 Å². The first-order valence-corrected chi connectivity index (χ1v) is 6.01. The average Bonchev–Trinajstić information content (AvgIpc) is 2.33. The van der Waals surface area contributed by atoms with Gasteiger partial charge in [0.15, 0.2) is 0 Å². The summed E-state index contributed by atoms with van der Waals surface area (Å²) < 4.78 is 48.2. The van der Waals surface area contributed by atoms with Crippen LogP contribution in [-0.2, 0) is 15.7 Å². The third kappa shape index (κ3) is 5.26. The standard InChI is InChI=1S/C12H15ClF3NO2/c1-18-7-8-19-6-5-17-11-9(12(14,15)16)3-2-4-10(11)13/h2-4,17H,5-8H2,1H3. The smallest absolute Gasteiger partial charge is 0.382 e. The normalized spacial score (nSPS) is 11.6. The Morgan fingerprint density at radius 1 is 1.21 bits per heavy atom. The second kappa shape index (κ2) is 7.57. The zero-order valence-corrected chi connectivity index (χ0v) is 11.1. The number of halogens is 4. The van der Waals surface area contributed by atoms with Crippen molar-refractivity contribution >= 4 is 17.3 Å². The molecule has 0 amide bonds. The molecule has 7 heteroatoms. The molecule has 0 aliphatic heterocycles. The second-order valence-electron chi connectivity index (χ2n) is 3.69. The minimum absolute atomic E-state index is 0.0340. The molecule has 0 spiro atoms. The Labute approximate surface area is 114 Å². The van der Waals surface area contributed by atoms with E-state index in [1.807, 2.05) is 0 Å². The van der Waals surface area contributed by atoms with E-state index in [1.54, 1.807) is 7.11 Å². The largest absolute Gasteiger partial charge is 0.418 e. The highest BCUT2D eigenvalue weighted by Gasteiger charge is 2.34. The zero-order chi connectivity index (χ0) is 14.3. The van der Waals surface area contributed by atoms with E-state index in [0.717, 1.165) is 6.07 Å². The first-order chi connectivity index (χ1) is 8.96. The van der Waals surface area contributed by atoms with Gasteiger partial charge in [0, 0.05) is 13.7 Å². The molecule has 0 fully saturated rings. The molecule has 1 aromatic rings. The Hall–Kier alpha value is -0.980. The molecule has 0 heterocycles. The van der Waals surface area contributed by atoms with Crippen molar-refractivity contribution in [3.63, 3.8) is 0 Å². The lowest BCUT2D eigenvalue weighted by Gasteiger charge is -2.15. The fourth-order valence-corrected chi connectivity index (χ4v) is 1.67. The number of benzene rings is 1. The average molecular weight is 298 g/mol. The van der Waals surface area contributed by atoms with E-state index in [2.05, 4.69) is 5.32 Å². The molecule has 0 aliphatic carbocycles. The predicted molar refractivity (Wildman–Crippen MR) is 67.6 cm³/mol. The molecule has 108 valence electrons. The third-order valence-electron chi connectivity index (χ3n) is 2.30.